The van der Waals surface area contributed by atoms with Crippen molar-refractivity contribution in [1.29, 1.82) is 0 Å². The van der Waals surface area contributed by atoms with Crippen LogP contribution in [0.1, 0.15) is 30.9 Å². The molecule has 0 unspecified atom stereocenters. The van der Waals surface area contributed by atoms with Crippen molar-refractivity contribution in [3.63, 3.8) is 0 Å². The van der Waals surface area contributed by atoms with E-state index in [1.165, 1.54) is 17.0 Å². The normalized spacial score (nSPS) is 15.1. The van der Waals surface area contributed by atoms with Crippen LogP contribution in [0, 0.1) is 0 Å². The van der Waals surface area contributed by atoms with Crippen molar-refractivity contribution >= 4 is 48.3 Å². The molecule has 4 rings (SSSR count). The maximum atomic E-state index is 13.3. The van der Waals surface area contributed by atoms with Gasteiger partial charge in [-0.05, 0) is 67.3 Å². The second-order valence-electron chi connectivity index (χ2n) is 8.70. The average Bonchev–Trinajstić information content (AvgIpc) is 2.85. The zero-order valence-corrected chi connectivity index (χ0v) is 22.8. The van der Waals surface area contributed by atoms with Crippen LogP contribution in [0.2, 0.25) is 5.02 Å². The topological polar surface area (TPSA) is 81.5 Å². The van der Waals surface area contributed by atoms with E-state index >= 15 is 0 Å². The number of aryl methyl sites for hydroxylation is 1. The summed E-state index contributed by atoms with van der Waals surface area (Å²) >= 11 is 9.76. The first-order valence-electron chi connectivity index (χ1n) is 11.8. The lowest BCUT2D eigenvalue weighted by Gasteiger charge is -2.26. The molecule has 2 heterocycles. The number of sulfone groups is 1. The van der Waals surface area contributed by atoms with Gasteiger partial charge in [-0.1, -0.05) is 34.5 Å². The maximum absolute atomic E-state index is 13.3. The fraction of sp³-hybridized carbons (Fsp3) is 0.440. The number of halogens is 2. The van der Waals surface area contributed by atoms with E-state index in [-0.39, 0.29) is 22.8 Å². The van der Waals surface area contributed by atoms with Crippen LogP contribution >= 0.6 is 27.5 Å². The van der Waals surface area contributed by atoms with E-state index in [4.69, 9.17) is 16.3 Å². The summed E-state index contributed by atoms with van der Waals surface area (Å²) in [7, 11) is -3.46. The van der Waals surface area contributed by atoms with Gasteiger partial charge < -0.3 is 4.74 Å². The highest BCUT2D eigenvalue weighted by molar-refractivity contribution is 9.10. The average molecular weight is 583 g/mol. The number of hydrogen-bond donors (Lipinski definition) is 0. The maximum Gasteiger partial charge on any atom is 0.261 e. The van der Waals surface area contributed by atoms with Gasteiger partial charge in [0.25, 0.3) is 5.56 Å². The Labute approximate surface area is 219 Å². The zero-order chi connectivity index (χ0) is 25.0. The molecule has 0 atom stereocenters. The quantitative estimate of drug-likeness (QED) is 0.350. The molecule has 0 saturated carbocycles. The first-order valence-corrected chi connectivity index (χ1v) is 14.6. The number of aromatic nitrogens is 2. The van der Waals surface area contributed by atoms with Crippen LogP contribution in [-0.4, -0.2) is 61.5 Å². The first-order chi connectivity index (χ1) is 16.8. The zero-order valence-electron chi connectivity index (χ0n) is 19.7. The van der Waals surface area contributed by atoms with Crippen molar-refractivity contribution < 1.29 is 13.2 Å². The molecular weight excluding hydrogens is 554 g/mol. The number of unbranched alkanes of at least 4 members (excludes halogenated alkanes) is 1. The van der Waals surface area contributed by atoms with Crippen molar-refractivity contribution in [1.82, 2.24) is 14.5 Å². The van der Waals surface area contributed by atoms with E-state index in [9.17, 15) is 13.2 Å². The summed E-state index contributed by atoms with van der Waals surface area (Å²) in [4.78, 5) is 20.4. The number of morpholine rings is 1. The molecule has 10 heteroatoms. The van der Waals surface area contributed by atoms with Gasteiger partial charge in [0.1, 0.15) is 0 Å². The molecule has 0 spiro atoms. The predicted molar refractivity (Wildman–Crippen MR) is 142 cm³/mol. The molecule has 0 aliphatic carbocycles. The van der Waals surface area contributed by atoms with Crippen molar-refractivity contribution in [2.45, 2.75) is 37.6 Å². The number of benzene rings is 2. The summed E-state index contributed by atoms with van der Waals surface area (Å²) in [6, 6.07) is 8.43. The van der Waals surface area contributed by atoms with Crippen LogP contribution in [0.15, 0.2) is 50.8 Å². The number of fused-ring (bicyclic) bond motifs is 1. The second-order valence-corrected chi connectivity index (χ2v) is 12.2. The highest BCUT2D eigenvalue weighted by Crippen LogP contribution is 2.25. The summed E-state index contributed by atoms with van der Waals surface area (Å²) < 4.78 is 32.8. The third kappa shape index (κ3) is 6.32. The number of rotatable bonds is 9. The minimum absolute atomic E-state index is 0.0331. The molecular formula is C25H29BrClN3O4S. The van der Waals surface area contributed by atoms with E-state index < -0.39 is 9.84 Å². The lowest BCUT2D eigenvalue weighted by atomic mass is 10.1. The molecule has 0 bridgehead atoms. The molecule has 1 aromatic heterocycles. The van der Waals surface area contributed by atoms with E-state index in [2.05, 4.69) is 25.8 Å². The number of ether oxygens (including phenoxy) is 1. The molecule has 1 fully saturated rings. The molecule has 1 saturated heterocycles. The summed E-state index contributed by atoms with van der Waals surface area (Å²) in [6.45, 7) is 6.34. The minimum atomic E-state index is -3.46. The summed E-state index contributed by atoms with van der Waals surface area (Å²) in [5.74, 6) is -0.0331. The Balaban J connectivity index is 1.53. The van der Waals surface area contributed by atoms with Crippen LogP contribution in [0.25, 0.3) is 10.9 Å². The van der Waals surface area contributed by atoms with Gasteiger partial charge in [0.2, 0.25) is 0 Å². The second kappa shape index (κ2) is 11.5. The summed E-state index contributed by atoms with van der Waals surface area (Å²) in [6.07, 6.45) is 4.51. The highest BCUT2D eigenvalue weighted by Gasteiger charge is 2.18. The third-order valence-electron chi connectivity index (χ3n) is 6.34. The molecule has 2 aromatic carbocycles. The van der Waals surface area contributed by atoms with Gasteiger partial charge in [-0.3, -0.25) is 14.3 Å². The van der Waals surface area contributed by atoms with Gasteiger partial charge >= 0.3 is 0 Å². The van der Waals surface area contributed by atoms with Crippen LogP contribution in [0.4, 0.5) is 0 Å². The van der Waals surface area contributed by atoms with Crippen molar-refractivity contribution in [2.75, 3.05) is 38.6 Å². The molecule has 0 N–H and O–H groups in total. The Hall–Kier alpha value is -1.78. The molecule has 3 aromatic rings. The highest BCUT2D eigenvalue weighted by atomic mass is 79.9. The molecule has 1 aliphatic heterocycles. The summed E-state index contributed by atoms with van der Waals surface area (Å²) in [5.41, 5.74) is 1.99. The van der Waals surface area contributed by atoms with Crippen molar-refractivity contribution in [3.05, 3.63) is 67.6 Å². The Morgan fingerprint density at radius 3 is 2.63 bits per heavy atom. The van der Waals surface area contributed by atoms with Crippen molar-refractivity contribution in [2.24, 2.45) is 0 Å². The Kier molecular flexibility index (Phi) is 8.65. The van der Waals surface area contributed by atoms with Gasteiger partial charge in [-0.15, -0.1) is 0 Å². The van der Waals surface area contributed by atoms with E-state index in [1.54, 1.807) is 19.1 Å². The fourth-order valence-corrected chi connectivity index (χ4v) is 6.16. The monoisotopic (exact) mass is 581 g/mol. The number of nitrogens with zero attached hydrogens (tertiary/aromatic N) is 3. The lowest BCUT2D eigenvalue weighted by molar-refractivity contribution is 0.0372. The molecule has 0 radical (unpaired) electrons. The lowest BCUT2D eigenvalue weighted by Crippen LogP contribution is -2.36. The van der Waals surface area contributed by atoms with E-state index in [0.717, 1.165) is 62.1 Å². The molecule has 188 valence electrons. The summed E-state index contributed by atoms with van der Waals surface area (Å²) in [5, 5.41) is 0.899. The fourth-order valence-electron chi connectivity index (χ4n) is 4.32. The number of hydrogen-bond acceptors (Lipinski definition) is 6. The standard InChI is InChI=1S/C25H29BrClN3O4S/c1-2-35(32,33)24-7-6-20(27)13-19(24)16-30-17-28-23-14-18(22(26)15-21(23)25(30)31)5-3-4-8-29-9-11-34-12-10-29/h6-7,13-15,17H,2-5,8-12,16H2,1H3. The van der Waals surface area contributed by atoms with Crippen LogP contribution in [0.3, 0.4) is 0 Å². The van der Waals surface area contributed by atoms with Gasteiger partial charge in [-0.25, -0.2) is 13.4 Å². The Morgan fingerprint density at radius 2 is 1.89 bits per heavy atom. The van der Waals surface area contributed by atoms with E-state index in [1.807, 2.05) is 12.1 Å². The molecule has 35 heavy (non-hydrogen) atoms. The molecule has 1 aliphatic rings. The third-order valence-corrected chi connectivity index (χ3v) is 9.15. The largest absolute Gasteiger partial charge is 0.379 e. The van der Waals surface area contributed by atoms with Gasteiger partial charge in [0.15, 0.2) is 9.84 Å². The molecule has 0 amide bonds. The first kappa shape index (κ1) is 26.3. The molecule has 7 nitrogen and oxygen atoms in total. The van der Waals surface area contributed by atoms with Crippen LogP contribution in [-0.2, 0) is 27.5 Å². The van der Waals surface area contributed by atoms with Crippen LogP contribution in [0.5, 0.6) is 0 Å². The van der Waals surface area contributed by atoms with Gasteiger partial charge in [0.05, 0.1) is 47.6 Å². The smallest absolute Gasteiger partial charge is 0.261 e. The SMILES string of the molecule is CCS(=O)(=O)c1ccc(Cl)cc1Cn1cnc2cc(CCCCN3CCOCC3)c(Br)cc2c1=O. The Bertz CT molecular complexity index is 1370. The van der Waals surface area contributed by atoms with Gasteiger partial charge in [-0.2, -0.15) is 0 Å². The van der Waals surface area contributed by atoms with Crippen LogP contribution < -0.4 is 5.56 Å². The minimum Gasteiger partial charge on any atom is -0.379 e. The van der Waals surface area contributed by atoms with Gasteiger partial charge in [0, 0.05) is 22.6 Å². The van der Waals surface area contributed by atoms with E-state index in [0.29, 0.717) is 21.5 Å². The van der Waals surface area contributed by atoms with Crippen molar-refractivity contribution in [3.8, 4) is 0 Å². The Morgan fingerprint density at radius 1 is 1.11 bits per heavy atom. The predicted octanol–water partition coefficient (Wildman–Crippen LogP) is 4.31.